The van der Waals surface area contributed by atoms with E-state index in [4.69, 9.17) is 4.74 Å². The predicted octanol–water partition coefficient (Wildman–Crippen LogP) is 4.86. The molecule has 0 aliphatic carbocycles. The summed E-state index contributed by atoms with van der Waals surface area (Å²) in [5.41, 5.74) is 2.15. The maximum Gasteiger partial charge on any atom is 0.174 e. The smallest absolute Gasteiger partial charge is 0.174 e. The van der Waals surface area contributed by atoms with Gasteiger partial charge in [0, 0.05) is 5.75 Å². The van der Waals surface area contributed by atoms with Crippen LogP contribution in [0.4, 0.5) is 4.39 Å². The molecule has 0 amide bonds. The van der Waals surface area contributed by atoms with Gasteiger partial charge in [0.15, 0.2) is 4.34 Å². The second-order valence-electron chi connectivity index (χ2n) is 4.93. The number of hydrogen-bond donors (Lipinski definition) is 0. The molecule has 1 heterocycles. The zero-order valence-corrected chi connectivity index (χ0v) is 14.2. The van der Waals surface area contributed by atoms with Crippen LogP contribution in [0.15, 0.2) is 52.9 Å². The third-order valence-corrected chi connectivity index (χ3v) is 5.16. The molecule has 0 saturated carbocycles. The zero-order valence-electron chi connectivity index (χ0n) is 12.5. The molecule has 0 radical (unpaired) electrons. The van der Waals surface area contributed by atoms with Crippen molar-refractivity contribution in [3.05, 3.63) is 70.5 Å². The molecule has 0 unspecified atom stereocenters. The Bertz CT molecular complexity index is 757. The van der Waals surface area contributed by atoms with Crippen LogP contribution in [-0.2, 0) is 12.4 Å². The fourth-order valence-corrected chi connectivity index (χ4v) is 3.68. The van der Waals surface area contributed by atoms with Crippen LogP contribution in [0.25, 0.3) is 0 Å². The molecule has 3 rings (SSSR count). The SMILES string of the molecule is Cc1nnc(SCc2ccc(OCc3ccc(F)cc3)cc2)s1. The number of thioether (sulfide) groups is 1. The Hall–Kier alpha value is -1.92. The molecule has 0 atom stereocenters. The van der Waals surface area contributed by atoms with Gasteiger partial charge < -0.3 is 4.74 Å². The van der Waals surface area contributed by atoms with Gasteiger partial charge in [-0.15, -0.1) is 10.2 Å². The lowest BCUT2D eigenvalue weighted by molar-refractivity contribution is 0.306. The summed E-state index contributed by atoms with van der Waals surface area (Å²) in [5.74, 6) is 1.42. The van der Waals surface area contributed by atoms with Crippen LogP contribution in [0.2, 0.25) is 0 Å². The number of rotatable bonds is 6. The molecule has 2 aromatic carbocycles. The summed E-state index contributed by atoms with van der Waals surface area (Å²) in [5, 5.41) is 9.09. The third kappa shape index (κ3) is 4.77. The average Bonchev–Trinajstić information content (AvgIpc) is 2.99. The summed E-state index contributed by atoms with van der Waals surface area (Å²) >= 11 is 3.29. The van der Waals surface area contributed by atoms with E-state index in [-0.39, 0.29) is 5.82 Å². The van der Waals surface area contributed by atoms with Crippen LogP contribution < -0.4 is 4.74 Å². The second kappa shape index (κ2) is 7.57. The van der Waals surface area contributed by atoms with Crippen LogP contribution in [0.1, 0.15) is 16.1 Å². The van der Waals surface area contributed by atoms with E-state index in [0.29, 0.717) is 6.61 Å². The molecule has 118 valence electrons. The minimum Gasteiger partial charge on any atom is -0.489 e. The first-order valence-electron chi connectivity index (χ1n) is 7.08. The summed E-state index contributed by atoms with van der Waals surface area (Å²) in [6.45, 7) is 2.38. The first-order chi connectivity index (χ1) is 11.2. The van der Waals surface area contributed by atoms with E-state index in [0.717, 1.165) is 26.4 Å². The van der Waals surface area contributed by atoms with Gasteiger partial charge in [-0.1, -0.05) is 47.4 Å². The lowest BCUT2D eigenvalue weighted by Gasteiger charge is -2.07. The fraction of sp³-hybridized carbons (Fsp3) is 0.176. The molecule has 6 heteroatoms. The van der Waals surface area contributed by atoms with Crippen molar-refractivity contribution in [1.29, 1.82) is 0 Å². The zero-order chi connectivity index (χ0) is 16.1. The lowest BCUT2D eigenvalue weighted by Crippen LogP contribution is -1.95. The van der Waals surface area contributed by atoms with Crippen LogP contribution in [0, 0.1) is 12.7 Å². The molecule has 0 spiro atoms. The first kappa shape index (κ1) is 16.0. The van der Waals surface area contributed by atoms with Crippen molar-refractivity contribution in [3.8, 4) is 5.75 Å². The van der Waals surface area contributed by atoms with Crippen molar-refractivity contribution in [2.75, 3.05) is 0 Å². The van der Waals surface area contributed by atoms with Gasteiger partial charge in [-0.25, -0.2) is 4.39 Å². The van der Waals surface area contributed by atoms with E-state index >= 15 is 0 Å². The number of hydrogen-bond acceptors (Lipinski definition) is 5. The van der Waals surface area contributed by atoms with Crippen LogP contribution in [-0.4, -0.2) is 10.2 Å². The highest BCUT2D eigenvalue weighted by atomic mass is 32.2. The topological polar surface area (TPSA) is 35.0 Å². The number of benzene rings is 2. The maximum absolute atomic E-state index is 12.8. The van der Waals surface area contributed by atoms with E-state index in [2.05, 4.69) is 10.2 Å². The van der Waals surface area contributed by atoms with Crippen molar-refractivity contribution >= 4 is 23.1 Å². The summed E-state index contributed by atoms with van der Waals surface area (Å²) < 4.78 is 19.5. The maximum atomic E-state index is 12.8. The Morgan fingerprint density at radius 2 is 1.70 bits per heavy atom. The van der Waals surface area contributed by atoms with Gasteiger partial charge in [0.25, 0.3) is 0 Å². The molecule has 0 saturated heterocycles. The number of ether oxygens (including phenoxy) is 1. The predicted molar refractivity (Wildman–Crippen MR) is 91.4 cm³/mol. The molecule has 3 aromatic rings. The molecule has 0 N–H and O–H groups in total. The number of halogens is 1. The van der Waals surface area contributed by atoms with Gasteiger partial charge >= 0.3 is 0 Å². The molecule has 0 aliphatic heterocycles. The molecule has 3 nitrogen and oxygen atoms in total. The van der Waals surface area contributed by atoms with Gasteiger partial charge in [-0.05, 0) is 42.3 Å². The Morgan fingerprint density at radius 3 is 2.35 bits per heavy atom. The van der Waals surface area contributed by atoms with Gasteiger partial charge in [0.2, 0.25) is 0 Å². The molecule has 0 fully saturated rings. The van der Waals surface area contributed by atoms with E-state index < -0.39 is 0 Å². The molecule has 23 heavy (non-hydrogen) atoms. The molecule has 1 aromatic heterocycles. The summed E-state index contributed by atoms with van der Waals surface area (Å²) in [7, 11) is 0. The van der Waals surface area contributed by atoms with Crippen molar-refractivity contribution in [3.63, 3.8) is 0 Å². The van der Waals surface area contributed by atoms with Gasteiger partial charge in [-0.3, -0.25) is 0 Å². The lowest BCUT2D eigenvalue weighted by atomic mass is 10.2. The monoisotopic (exact) mass is 346 g/mol. The third-order valence-electron chi connectivity index (χ3n) is 3.11. The second-order valence-corrected chi connectivity index (χ2v) is 7.34. The molecular weight excluding hydrogens is 331 g/mol. The van der Waals surface area contributed by atoms with Crippen molar-refractivity contribution in [1.82, 2.24) is 10.2 Å². The number of nitrogens with zero attached hydrogens (tertiary/aromatic N) is 2. The van der Waals surface area contributed by atoms with Crippen molar-refractivity contribution in [2.45, 2.75) is 23.6 Å². The largest absolute Gasteiger partial charge is 0.489 e. The highest BCUT2D eigenvalue weighted by molar-refractivity contribution is 8.00. The van der Waals surface area contributed by atoms with Crippen molar-refractivity contribution in [2.24, 2.45) is 0 Å². The van der Waals surface area contributed by atoms with Crippen LogP contribution in [0.5, 0.6) is 5.75 Å². The van der Waals surface area contributed by atoms with E-state index in [1.165, 1.54) is 17.7 Å². The van der Waals surface area contributed by atoms with Gasteiger partial charge in [0.05, 0.1) is 0 Å². The molecule has 0 aliphatic rings. The minimum absolute atomic E-state index is 0.235. The number of aryl methyl sites for hydroxylation is 1. The number of aromatic nitrogens is 2. The Balaban J connectivity index is 1.51. The first-order valence-corrected chi connectivity index (χ1v) is 8.88. The highest BCUT2D eigenvalue weighted by Gasteiger charge is 2.03. The van der Waals surface area contributed by atoms with Crippen LogP contribution in [0.3, 0.4) is 0 Å². The van der Waals surface area contributed by atoms with E-state index in [9.17, 15) is 4.39 Å². The van der Waals surface area contributed by atoms with Crippen molar-refractivity contribution < 1.29 is 9.13 Å². The van der Waals surface area contributed by atoms with Crippen LogP contribution >= 0.6 is 23.1 Å². The van der Waals surface area contributed by atoms with E-state index in [1.54, 1.807) is 35.2 Å². The minimum atomic E-state index is -0.235. The summed E-state index contributed by atoms with van der Waals surface area (Å²) in [6, 6.07) is 14.3. The summed E-state index contributed by atoms with van der Waals surface area (Å²) in [6.07, 6.45) is 0. The average molecular weight is 346 g/mol. The van der Waals surface area contributed by atoms with Gasteiger partial charge in [0.1, 0.15) is 23.2 Å². The standard InChI is InChI=1S/C17H15FN2OS2/c1-12-19-20-17(23-12)22-11-14-4-8-16(9-5-14)21-10-13-2-6-15(18)7-3-13/h2-9H,10-11H2,1H3. The highest BCUT2D eigenvalue weighted by Crippen LogP contribution is 2.26. The summed E-state index contributed by atoms with van der Waals surface area (Å²) in [4.78, 5) is 0. The molecule has 0 bridgehead atoms. The molecular formula is C17H15FN2OS2. The Morgan fingerprint density at radius 1 is 1.00 bits per heavy atom. The van der Waals surface area contributed by atoms with E-state index in [1.807, 2.05) is 31.2 Å². The Kier molecular flexibility index (Phi) is 5.25. The quantitative estimate of drug-likeness (QED) is 0.597. The Labute approximate surface area is 142 Å². The van der Waals surface area contributed by atoms with Gasteiger partial charge in [-0.2, -0.15) is 0 Å². The normalized spacial score (nSPS) is 10.7. The fourth-order valence-electron chi connectivity index (χ4n) is 1.91.